The van der Waals surface area contributed by atoms with Gasteiger partial charge >= 0.3 is 11.9 Å². The first-order valence-corrected chi connectivity index (χ1v) is 11.1. The van der Waals surface area contributed by atoms with Crippen LogP contribution in [0.3, 0.4) is 0 Å². The van der Waals surface area contributed by atoms with Gasteiger partial charge in [-0.2, -0.15) is 0 Å². The second kappa shape index (κ2) is 11.2. The SMILES string of the molecule is COc1ccc(C(=O)CSc2ccc(NC(=O)c3ccc(C(=O)O)cc3C(=O)O)cc2)cc1OC. The number of aromatic carboxylic acids is 2. The maximum absolute atomic E-state index is 12.6. The number of anilines is 1. The lowest BCUT2D eigenvalue weighted by molar-refractivity contribution is 0.0692. The summed E-state index contributed by atoms with van der Waals surface area (Å²) in [4.78, 5) is 48.5. The summed E-state index contributed by atoms with van der Waals surface area (Å²) in [5, 5.41) is 21.0. The van der Waals surface area contributed by atoms with Gasteiger partial charge in [0.05, 0.1) is 36.7 Å². The standard InChI is InChI=1S/C25H21NO8S/c1-33-21-10-4-14(12-22(21)34-2)20(27)13-35-17-7-5-16(6-8-17)26-23(28)18-9-3-15(24(29)30)11-19(18)25(31)32/h3-12H,13H2,1-2H3,(H,26,28)(H,29,30)(H,31,32). The highest BCUT2D eigenvalue weighted by atomic mass is 32.2. The molecule has 35 heavy (non-hydrogen) atoms. The van der Waals surface area contributed by atoms with Gasteiger partial charge in [-0.05, 0) is 60.7 Å². The number of carbonyl (C=O) groups excluding carboxylic acids is 2. The summed E-state index contributed by atoms with van der Waals surface area (Å²) in [6.07, 6.45) is 0. The molecule has 0 aliphatic rings. The number of ether oxygens (including phenoxy) is 2. The summed E-state index contributed by atoms with van der Waals surface area (Å²) >= 11 is 1.31. The Morgan fingerprint density at radius 2 is 1.43 bits per heavy atom. The smallest absolute Gasteiger partial charge is 0.336 e. The van der Waals surface area contributed by atoms with Crippen LogP contribution in [0.25, 0.3) is 0 Å². The van der Waals surface area contributed by atoms with Gasteiger partial charge in [-0.3, -0.25) is 9.59 Å². The van der Waals surface area contributed by atoms with Crippen LogP contribution < -0.4 is 14.8 Å². The zero-order valence-electron chi connectivity index (χ0n) is 18.7. The van der Waals surface area contributed by atoms with Crippen LogP contribution in [0.5, 0.6) is 11.5 Å². The number of hydrogen-bond donors (Lipinski definition) is 3. The molecule has 3 rings (SSSR count). The fourth-order valence-electron chi connectivity index (χ4n) is 3.13. The van der Waals surface area contributed by atoms with Gasteiger partial charge in [0.2, 0.25) is 0 Å². The van der Waals surface area contributed by atoms with E-state index in [0.717, 1.165) is 17.0 Å². The highest BCUT2D eigenvalue weighted by Crippen LogP contribution is 2.29. The van der Waals surface area contributed by atoms with Crippen molar-refractivity contribution in [2.24, 2.45) is 0 Å². The second-order valence-corrected chi connectivity index (χ2v) is 8.18. The average Bonchev–Trinajstić information content (AvgIpc) is 2.87. The largest absolute Gasteiger partial charge is 0.493 e. The van der Waals surface area contributed by atoms with Gasteiger partial charge in [-0.1, -0.05) is 0 Å². The number of ketones is 1. The molecule has 0 radical (unpaired) electrons. The molecule has 3 aromatic carbocycles. The zero-order chi connectivity index (χ0) is 25.5. The summed E-state index contributed by atoms with van der Waals surface area (Å²) in [5.41, 5.74) is 0.0825. The minimum absolute atomic E-state index is 0.0978. The van der Waals surface area contributed by atoms with E-state index in [0.29, 0.717) is 22.7 Å². The number of hydrogen-bond acceptors (Lipinski definition) is 7. The lowest BCUT2D eigenvalue weighted by atomic mass is 10.0. The van der Waals surface area contributed by atoms with Crippen LogP contribution in [0, 0.1) is 0 Å². The number of carbonyl (C=O) groups is 4. The third-order valence-electron chi connectivity index (χ3n) is 4.93. The minimum Gasteiger partial charge on any atom is -0.493 e. The van der Waals surface area contributed by atoms with Gasteiger partial charge in [0.25, 0.3) is 5.91 Å². The summed E-state index contributed by atoms with van der Waals surface area (Å²) < 4.78 is 10.4. The Morgan fingerprint density at radius 1 is 0.771 bits per heavy atom. The average molecular weight is 496 g/mol. The van der Waals surface area contributed by atoms with Crippen molar-refractivity contribution in [1.29, 1.82) is 0 Å². The van der Waals surface area contributed by atoms with Crippen molar-refractivity contribution in [2.75, 3.05) is 25.3 Å². The fourth-order valence-corrected chi connectivity index (χ4v) is 3.92. The molecular formula is C25H21NO8S. The van der Waals surface area contributed by atoms with Gasteiger partial charge in [0.1, 0.15) is 0 Å². The van der Waals surface area contributed by atoms with E-state index in [4.69, 9.17) is 14.6 Å². The van der Waals surface area contributed by atoms with Gasteiger partial charge in [-0.15, -0.1) is 11.8 Å². The molecule has 0 bridgehead atoms. The van der Waals surface area contributed by atoms with E-state index in [1.807, 2.05) is 0 Å². The van der Waals surface area contributed by atoms with E-state index in [-0.39, 0.29) is 22.7 Å². The molecule has 0 saturated heterocycles. The quantitative estimate of drug-likeness (QED) is 0.277. The predicted octanol–water partition coefficient (Wildman–Crippen LogP) is 4.33. The molecule has 0 aromatic heterocycles. The van der Waals surface area contributed by atoms with E-state index in [1.54, 1.807) is 42.5 Å². The molecule has 9 nitrogen and oxygen atoms in total. The molecule has 10 heteroatoms. The lowest BCUT2D eigenvalue weighted by Crippen LogP contribution is -2.17. The highest BCUT2D eigenvalue weighted by Gasteiger charge is 2.19. The molecule has 1 amide bonds. The van der Waals surface area contributed by atoms with Crippen LogP contribution in [0.1, 0.15) is 41.4 Å². The molecule has 0 aliphatic heterocycles. The first kappa shape index (κ1) is 25.3. The molecule has 0 saturated carbocycles. The fraction of sp³-hybridized carbons (Fsp3) is 0.120. The van der Waals surface area contributed by atoms with Crippen LogP contribution in [-0.4, -0.2) is 53.8 Å². The predicted molar refractivity (Wildman–Crippen MR) is 129 cm³/mol. The number of nitrogens with one attached hydrogen (secondary N) is 1. The molecule has 180 valence electrons. The first-order chi connectivity index (χ1) is 16.7. The minimum atomic E-state index is -1.41. The van der Waals surface area contributed by atoms with Gasteiger partial charge in [-0.25, -0.2) is 9.59 Å². The maximum atomic E-state index is 12.6. The summed E-state index contributed by atoms with van der Waals surface area (Å²) in [5.74, 6) is -2.32. The van der Waals surface area contributed by atoms with Crippen LogP contribution in [0.4, 0.5) is 5.69 Å². The van der Waals surface area contributed by atoms with Gasteiger partial charge in [0, 0.05) is 16.1 Å². The number of Topliss-reactive ketones (excluding diaryl/α,β-unsaturated/α-hetero) is 1. The van der Waals surface area contributed by atoms with Crippen LogP contribution >= 0.6 is 11.8 Å². The van der Waals surface area contributed by atoms with E-state index in [9.17, 15) is 24.3 Å². The van der Waals surface area contributed by atoms with Crippen molar-refractivity contribution >= 4 is 41.1 Å². The Labute approximate surface area is 204 Å². The number of carboxylic acid groups (broad SMARTS) is 2. The number of benzene rings is 3. The van der Waals surface area contributed by atoms with E-state index in [2.05, 4.69) is 5.32 Å². The second-order valence-electron chi connectivity index (χ2n) is 7.13. The molecule has 0 aliphatic carbocycles. The Balaban J connectivity index is 1.65. The third-order valence-corrected chi connectivity index (χ3v) is 5.94. The van der Waals surface area contributed by atoms with Gasteiger partial charge in [0.15, 0.2) is 17.3 Å². The van der Waals surface area contributed by atoms with Crippen molar-refractivity contribution in [1.82, 2.24) is 0 Å². The molecule has 3 N–H and O–H groups in total. The molecular weight excluding hydrogens is 474 g/mol. The summed E-state index contributed by atoms with van der Waals surface area (Å²) in [7, 11) is 3.01. The van der Waals surface area contributed by atoms with E-state index >= 15 is 0 Å². The Bertz CT molecular complexity index is 1290. The summed E-state index contributed by atoms with van der Waals surface area (Å²) in [6.45, 7) is 0. The van der Waals surface area contributed by atoms with Crippen LogP contribution in [0.15, 0.2) is 65.6 Å². The monoisotopic (exact) mass is 495 g/mol. The Kier molecular flexibility index (Phi) is 8.11. The lowest BCUT2D eigenvalue weighted by Gasteiger charge is -2.10. The first-order valence-electron chi connectivity index (χ1n) is 10.1. The van der Waals surface area contributed by atoms with Crippen molar-refractivity contribution in [2.45, 2.75) is 4.90 Å². The molecule has 0 atom stereocenters. The molecule has 3 aromatic rings. The highest BCUT2D eigenvalue weighted by molar-refractivity contribution is 8.00. The third kappa shape index (κ3) is 6.18. The van der Waals surface area contributed by atoms with E-state index < -0.39 is 23.4 Å². The van der Waals surface area contributed by atoms with E-state index in [1.165, 1.54) is 32.0 Å². The maximum Gasteiger partial charge on any atom is 0.336 e. The van der Waals surface area contributed by atoms with Crippen molar-refractivity contribution < 1.29 is 38.9 Å². The molecule has 0 unspecified atom stereocenters. The number of thioether (sulfide) groups is 1. The molecule has 0 fully saturated rings. The van der Waals surface area contributed by atoms with Crippen molar-refractivity contribution in [3.05, 3.63) is 82.9 Å². The van der Waals surface area contributed by atoms with Crippen LogP contribution in [-0.2, 0) is 0 Å². The van der Waals surface area contributed by atoms with Crippen LogP contribution in [0.2, 0.25) is 0 Å². The summed E-state index contributed by atoms with van der Waals surface area (Å²) in [6, 6.07) is 14.9. The topological polar surface area (TPSA) is 139 Å². The van der Waals surface area contributed by atoms with Crippen molar-refractivity contribution in [3.8, 4) is 11.5 Å². The number of carboxylic acids is 2. The Morgan fingerprint density at radius 3 is 2.03 bits per heavy atom. The molecule has 0 spiro atoms. The van der Waals surface area contributed by atoms with Crippen molar-refractivity contribution in [3.63, 3.8) is 0 Å². The number of rotatable bonds is 10. The van der Waals surface area contributed by atoms with Gasteiger partial charge < -0.3 is 25.0 Å². The zero-order valence-corrected chi connectivity index (χ0v) is 19.5. The number of amides is 1. The molecule has 0 heterocycles. The Hall–Kier alpha value is -4.31. The number of methoxy groups -OCH3 is 2. The normalized spacial score (nSPS) is 10.3.